The second kappa shape index (κ2) is 8.58. The van der Waals surface area contributed by atoms with Gasteiger partial charge in [-0.05, 0) is 60.4 Å². The number of hydrogen-bond acceptors (Lipinski definition) is 3. The number of imide groups is 1. The third-order valence-electron chi connectivity index (χ3n) is 5.24. The molecule has 0 bridgehead atoms. The second-order valence-corrected chi connectivity index (χ2v) is 8.33. The molecule has 0 saturated heterocycles. The molecule has 1 aliphatic heterocycles. The number of benzene rings is 3. The summed E-state index contributed by atoms with van der Waals surface area (Å²) in [5.41, 5.74) is 4.68. The minimum absolute atomic E-state index is 0.0897. The molecule has 2 amide bonds. The standard InChI is InChI=1S/C25H20Cl2N2O2/c1-15-7-8-16(2)21(13-15)28-23-22(17-9-11-19(26)12-10-17)24(30)29(25(23)31)14-18-5-3-4-6-20(18)27/h3-13,28H,14H2,1-2H3. The summed E-state index contributed by atoms with van der Waals surface area (Å²) in [5, 5.41) is 4.29. The first kappa shape index (κ1) is 21.2. The van der Waals surface area contributed by atoms with E-state index in [1.54, 1.807) is 36.4 Å². The number of nitrogens with one attached hydrogen (secondary N) is 1. The Bertz CT molecular complexity index is 1220. The number of carbonyl (C=O) groups is 2. The zero-order chi connectivity index (χ0) is 22.1. The lowest BCUT2D eigenvalue weighted by Crippen LogP contribution is -2.32. The number of anilines is 1. The van der Waals surface area contributed by atoms with Crippen molar-refractivity contribution in [2.45, 2.75) is 20.4 Å². The SMILES string of the molecule is Cc1ccc(C)c(NC2=C(c3ccc(Cl)cc3)C(=O)N(Cc3ccccc3Cl)C2=O)c1. The molecule has 1 N–H and O–H groups in total. The number of aryl methyl sites for hydroxylation is 2. The topological polar surface area (TPSA) is 49.4 Å². The van der Waals surface area contributed by atoms with Crippen molar-refractivity contribution in [3.8, 4) is 0 Å². The van der Waals surface area contributed by atoms with Gasteiger partial charge in [0.15, 0.2) is 0 Å². The molecule has 0 fully saturated rings. The summed E-state index contributed by atoms with van der Waals surface area (Å²) in [6, 6.07) is 20.0. The van der Waals surface area contributed by atoms with Gasteiger partial charge in [-0.2, -0.15) is 0 Å². The van der Waals surface area contributed by atoms with Crippen molar-refractivity contribution >= 4 is 46.3 Å². The van der Waals surface area contributed by atoms with Crippen LogP contribution < -0.4 is 5.32 Å². The zero-order valence-corrected chi connectivity index (χ0v) is 18.6. The molecule has 0 atom stereocenters. The molecule has 6 heteroatoms. The third kappa shape index (κ3) is 4.22. The summed E-state index contributed by atoms with van der Waals surface area (Å²) in [4.78, 5) is 28.0. The number of hydrogen-bond donors (Lipinski definition) is 1. The van der Waals surface area contributed by atoms with E-state index in [9.17, 15) is 9.59 Å². The smallest absolute Gasteiger partial charge is 0.278 e. The second-order valence-electron chi connectivity index (χ2n) is 7.49. The van der Waals surface area contributed by atoms with E-state index in [2.05, 4.69) is 5.32 Å². The van der Waals surface area contributed by atoms with Crippen molar-refractivity contribution in [2.75, 3.05) is 5.32 Å². The van der Waals surface area contributed by atoms with Crippen molar-refractivity contribution in [2.24, 2.45) is 0 Å². The average molecular weight is 451 g/mol. The molecule has 1 heterocycles. The van der Waals surface area contributed by atoms with Crippen LogP contribution in [0.1, 0.15) is 22.3 Å². The minimum Gasteiger partial charge on any atom is -0.350 e. The summed E-state index contributed by atoms with van der Waals surface area (Å²) in [5.74, 6) is -0.768. The molecule has 3 aromatic rings. The van der Waals surface area contributed by atoms with E-state index in [-0.39, 0.29) is 18.1 Å². The lowest BCUT2D eigenvalue weighted by atomic mass is 10.0. The van der Waals surface area contributed by atoms with Gasteiger partial charge in [-0.25, -0.2) is 0 Å². The van der Waals surface area contributed by atoms with Crippen LogP contribution in [0.15, 0.2) is 72.4 Å². The highest BCUT2D eigenvalue weighted by molar-refractivity contribution is 6.37. The summed E-state index contributed by atoms with van der Waals surface area (Å²) in [6.07, 6.45) is 0. The summed E-state index contributed by atoms with van der Waals surface area (Å²) < 4.78 is 0. The number of halogens is 2. The maximum Gasteiger partial charge on any atom is 0.278 e. The van der Waals surface area contributed by atoms with Gasteiger partial charge in [0.05, 0.1) is 12.1 Å². The Morgan fingerprint density at radius 2 is 1.58 bits per heavy atom. The van der Waals surface area contributed by atoms with E-state index < -0.39 is 5.91 Å². The highest BCUT2D eigenvalue weighted by atomic mass is 35.5. The Morgan fingerprint density at radius 1 is 0.871 bits per heavy atom. The Labute approximate surface area is 191 Å². The summed E-state index contributed by atoms with van der Waals surface area (Å²) in [7, 11) is 0. The normalized spacial score (nSPS) is 13.9. The Hall–Kier alpha value is -3.08. The Morgan fingerprint density at radius 3 is 2.29 bits per heavy atom. The zero-order valence-electron chi connectivity index (χ0n) is 17.1. The molecule has 0 radical (unpaired) electrons. The van der Waals surface area contributed by atoms with Gasteiger partial charge in [-0.15, -0.1) is 0 Å². The largest absolute Gasteiger partial charge is 0.350 e. The van der Waals surface area contributed by atoms with Crippen LogP contribution in [0.3, 0.4) is 0 Å². The summed E-state index contributed by atoms with van der Waals surface area (Å²) >= 11 is 12.3. The van der Waals surface area contributed by atoms with Gasteiger partial charge in [0.2, 0.25) is 0 Å². The molecule has 156 valence electrons. The van der Waals surface area contributed by atoms with Crippen LogP contribution in [-0.2, 0) is 16.1 Å². The maximum atomic E-state index is 13.4. The van der Waals surface area contributed by atoms with E-state index >= 15 is 0 Å². The van der Waals surface area contributed by atoms with Crippen LogP contribution >= 0.6 is 23.2 Å². The highest BCUT2D eigenvalue weighted by Crippen LogP contribution is 2.33. The van der Waals surface area contributed by atoms with Gasteiger partial charge in [0, 0.05) is 15.7 Å². The van der Waals surface area contributed by atoms with E-state index in [0.717, 1.165) is 16.8 Å². The van der Waals surface area contributed by atoms with E-state index in [1.165, 1.54) is 4.90 Å². The van der Waals surface area contributed by atoms with E-state index in [1.807, 2.05) is 44.2 Å². The van der Waals surface area contributed by atoms with Crippen LogP contribution in [-0.4, -0.2) is 16.7 Å². The fourth-order valence-electron chi connectivity index (χ4n) is 3.52. The number of rotatable bonds is 5. The third-order valence-corrected chi connectivity index (χ3v) is 5.86. The molecule has 4 nitrogen and oxygen atoms in total. The monoisotopic (exact) mass is 450 g/mol. The molecule has 0 unspecified atom stereocenters. The van der Waals surface area contributed by atoms with Crippen LogP contribution in [0.4, 0.5) is 5.69 Å². The van der Waals surface area contributed by atoms with Gasteiger partial charge in [-0.3, -0.25) is 14.5 Å². The first-order valence-electron chi connectivity index (χ1n) is 9.79. The van der Waals surface area contributed by atoms with Crippen molar-refractivity contribution in [3.05, 3.63) is 105 Å². The molecule has 31 heavy (non-hydrogen) atoms. The van der Waals surface area contributed by atoms with E-state index in [0.29, 0.717) is 26.7 Å². The van der Waals surface area contributed by atoms with Crippen molar-refractivity contribution in [3.63, 3.8) is 0 Å². The van der Waals surface area contributed by atoms with Crippen LogP contribution in [0.5, 0.6) is 0 Å². The van der Waals surface area contributed by atoms with E-state index in [4.69, 9.17) is 23.2 Å². The fraction of sp³-hybridized carbons (Fsp3) is 0.120. The molecule has 0 aliphatic carbocycles. The summed E-state index contributed by atoms with van der Waals surface area (Å²) in [6.45, 7) is 4.02. The van der Waals surface area contributed by atoms with Crippen LogP contribution in [0.2, 0.25) is 10.0 Å². The predicted molar refractivity (Wildman–Crippen MR) is 125 cm³/mol. The van der Waals surface area contributed by atoms with Crippen molar-refractivity contribution in [1.29, 1.82) is 0 Å². The quantitative estimate of drug-likeness (QED) is 0.484. The van der Waals surface area contributed by atoms with Crippen molar-refractivity contribution < 1.29 is 9.59 Å². The molecule has 4 rings (SSSR count). The molecule has 0 saturated carbocycles. The fourth-order valence-corrected chi connectivity index (χ4v) is 3.84. The van der Waals surface area contributed by atoms with Gasteiger partial charge in [0.25, 0.3) is 11.8 Å². The Kier molecular flexibility index (Phi) is 5.86. The maximum absolute atomic E-state index is 13.4. The predicted octanol–water partition coefficient (Wildman–Crippen LogP) is 6.00. The molecule has 3 aromatic carbocycles. The molecular formula is C25H20Cl2N2O2. The number of amides is 2. The Balaban J connectivity index is 1.78. The lowest BCUT2D eigenvalue weighted by molar-refractivity contribution is -0.137. The molecule has 0 aromatic heterocycles. The number of nitrogens with zero attached hydrogens (tertiary/aromatic N) is 1. The van der Waals surface area contributed by atoms with Crippen LogP contribution in [0, 0.1) is 13.8 Å². The molecule has 1 aliphatic rings. The first-order chi connectivity index (χ1) is 14.8. The molecular weight excluding hydrogens is 431 g/mol. The van der Waals surface area contributed by atoms with Crippen molar-refractivity contribution in [1.82, 2.24) is 4.90 Å². The van der Waals surface area contributed by atoms with Gasteiger partial charge < -0.3 is 5.32 Å². The minimum atomic E-state index is -0.393. The van der Waals surface area contributed by atoms with Crippen LogP contribution in [0.25, 0.3) is 5.57 Å². The van der Waals surface area contributed by atoms with Gasteiger partial charge in [-0.1, -0.05) is 65.7 Å². The lowest BCUT2D eigenvalue weighted by Gasteiger charge is -2.16. The average Bonchev–Trinajstić information content (AvgIpc) is 2.97. The molecule has 0 spiro atoms. The number of carbonyl (C=O) groups excluding carboxylic acids is 2. The van der Waals surface area contributed by atoms with Gasteiger partial charge >= 0.3 is 0 Å². The highest BCUT2D eigenvalue weighted by Gasteiger charge is 2.39. The van der Waals surface area contributed by atoms with Gasteiger partial charge in [0.1, 0.15) is 5.70 Å². The first-order valence-corrected chi connectivity index (χ1v) is 10.5.